The van der Waals surface area contributed by atoms with E-state index in [-0.39, 0.29) is 4.66 Å². The van der Waals surface area contributed by atoms with Crippen LogP contribution in [0.15, 0.2) is 18.2 Å². The molecule has 1 aromatic carbocycles. The van der Waals surface area contributed by atoms with Crippen molar-refractivity contribution in [3.8, 4) is 5.75 Å². The van der Waals surface area contributed by atoms with Crippen molar-refractivity contribution in [3.05, 3.63) is 23.2 Å². The number of halogens is 2. The zero-order chi connectivity index (χ0) is 12.2. The van der Waals surface area contributed by atoms with E-state index >= 15 is 0 Å². The molecule has 0 saturated carbocycles. The van der Waals surface area contributed by atoms with E-state index in [1.54, 1.807) is 12.1 Å². The molecule has 0 aliphatic rings. The Kier molecular flexibility index (Phi) is 4.89. The lowest BCUT2D eigenvalue weighted by molar-refractivity contribution is 0.342. The Morgan fingerprint density at radius 3 is 2.75 bits per heavy atom. The number of nitrogens with one attached hydrogen (secondary N) is 1. The topological polar surface area (TPSA) is 55.4 Å². The van der Waals surface area contributed by atoms with Crippen molar-refractivity contribution >= 4 is 43.2 Å². The molecule has 16 heavy (non-hydrogen) atoms. The Balaban J connectivity index is 3.05. The van der Waals surface area contributed by atoms with E-state index in [4.69, 9.17) is 16.3 Å². The minimum Gasteiger partial charge on any atom is -0.492 e. The average Bonchev–Trinajstić information content (AvgIpc) is 2.22. The van der Waals surface area contributed by atoms with Crippen molar-refractivity contribution in [3.63, 3.8) is 0 Å². The Bertz CT molecular complexity index is 464. The zero-order valence-corrected chi connectivity index (χ0v) is 11.7. The van der Waals surface area contributed by atoms with E-state index in [2.05, 4.69) is 20.7 Å². The van der Waals surface area contributed by atoms with Crippen LogP contribution in [0.25, 0.3) is 0 Å². The van der Waals surface area contributed by atoms with Crippen LogP contribution in [-0.4, -0.2) is 19.7 Å². The second kappa shape index (κ2) is 5.75. The number of rotatable bonds is 5. The highest BCUT2D eigenvalue weighted by Gasteiger charge is 2.12. The summed E-state index contributed by atoms with van der Waals surface area (Å²) < 4.78 is 30.2. The molecule has 0 unspecified atom stereocenters. The summed E-state index contributed by atoms with van der Waals surface area (Å²) in [5.41, 5.74) is 0.341. The predicted octanol–water partition coefficient (Wildman–Crippen LogP) is 2.83. The molecule has 0 atom stereocenters. The maximum absolute atomic E-state index is 11.4. The first-order chi connectivity index (χ1) is 7.48. The van der Waals surface area contributed by atoms with E-state index in [0.717, 1.165) is 0 Å². The molecule has 0 saturated heterocycles. The fourth-order valence-electron chi connectivity index (χ4n) is 1.06. The molecule has 1 rings (SSSR count). The van der Waals surface area contributed by atoms with E-state index in [9.17, 15) is 8.42 Å². The third-order valence-electron chi connectivity index (χ3n) is 1.65. The number of ether oxygens (including phenoxy) is 1. The summed E-state index contributed by atoms with van der Waals surface area (Å²) in [5, 5.41) is 0.440. The largest absolute Gasteiger partial charge is 0.492 e. The summed E-state index contributed by atoms with van der Waals surface area (Å²) in [6.45, 7) is 2.27. The summed E-state index contributed by atoms with van der Waals surface area (Å²) in [6.07, 6.45) is 0. The Hall–Kier alpha value is -0.460. The van der Waals surface area contributed by atoms with E-state index in [1.165, 1.54) is 6.07 Å². The number of hydrogen-bond donors (Lipinski definition) is 1. The lowest BCUT2D eigenvalue weighted by Gasteiger charge is -2.11. The van der Waals surface area contributed by atoms with Gasteiger partial charge in [-0.05, 0) is 25.1 Å². The minimum atomic E-state index is -3.40. The summed E-state index contributed by atoms with van der Waals surface area (Å²) >= 11 is 8.67. The van der Waals surface area contributed by atoms with Gasteiger partial charge in [-0.1, -0.05) is 27.5 Å². The van der Waals surface area contributed by atoms with Crippen LogP contribution in [0.2, 0.25) is 5.02 Å². The van der Waals surface area contributed by atoms with Crippen LogP contribution >= 0.6 is 27.5 Å². The maximum atomic E-state index is 11.4. The van der Waals surface area contributed by atoms with Crippen LogP contribution in [0.4, 0.5) is 5.69 Å². The van der Waals surface area contributed by atoms with Crippen molar-refractivity contribution in [1.82, 2.24) is 0 Å². The Labute approximate surface area is 108 Å². The van der Waals surface area contributed by atoms with Crippen molar-refractivity contribution < 1.29 is 13.2 Å². The second-order valence-corrected chi connectivity index (χ2v) is 6.36. The molecule has 0 amide bonds. The van der Waals surface area contributed by atoms with Gasteiger partial charge in [-0.15, -0.1) is 0 Å². The van der Waals surface area contributed by atoms with Crippen LogP contribution in [0, 0.1) is 0 Å². The maximum Gasteiger partial charge on any atom is 0.242 e. The van der Waals surface area contributed by atoms with Gasteiger partial charge in [0.1, 0.15) is 10.4 Å². The molecule has 7 heteroatoms. The summed E-state index contributed by atoms with van der Waals surface area (Å²) in [5.74, 6) is 0.455. The van der Waals surface area contributed by atoms with Gasteiger partial charge in [0.2, 0.25) is 10.0 Å². The van der Waals surface area contributed by atoms with Crippen LogP contribution in [0.5, 0.6) is 5.75 Å². The number of sulfonamides is 1. The third kappa shape index (κ3) is 3.84. The molecular formula is C9H11BrClNO3S. The molecule has 0 radical (unpaired) electrons. The van der Waals surface area contributed by atoms with Crippen molar-refractivity contribution in [2.45, 2.75) is 6.92 Å². The highest BCUT2D eigenvalue weighted by molar-refractivity contribution is 9.10. The van der Waals surface area contributed by atoms with Gasteiger partial charge in [-0.2, -0.15) is 0 Å². The van der Waals surface area contributed by atoms with Crippen LogP contribution < -0.4 is 9.46 Å². The third-order valence-corrected chi connectivity index (χ3v) is 4.51. The van der Waals surface area contributed by atoms with Gasteiger partial charge in [0.25, 0.3) is 0 Å². The standard InChI is InChI=1S/C9H11BrClNO3S/c1-2-15-9-4-3-7(11)5-8(9)12-16(13,14)6-10/h3-5,12H,2,6H2,1H3. The average molecular weight is 329 g/mol. The van der Waals surface area contributed by atoms with Gasteiger partial charge in [0.15, 0.2) is 0 Å². The van der Waals surface area contributed by atoms with E-state index < -0.39 is 10.0 Å². The van der Waals surface area contributed by atoms with Gasteiger partial charge in [-0.3, -0.25) is 4.72 Å². The molecule has 1 aromatic rings. The molecule has 1 N–H and O–H groups in total. The van der Waals surface area contributed by atoms with Crippen molar-refractivity contribution in [1.29, 1.82) is 0 Å². The molecule has 0 aliphatic heterocycles. The normalized spacial score (nSPS) is 11.2. The first-order valence-corrected chi connectivity index (χ1v) is 7.62. The first kappa shape index (κ1) is 13.6. The molecule has 0 spiro atoms. The highest BCUT2D eigenvalue weighted by atomic mass is 79.9. The molecule has 0 fully saturated rings. The summed E-state index contributed by atoms with van der Waals surface area (Å²) in [6, 6.07) is 4.77. The lowest BCUT2D eigenvalue weighted by atomic mass is 10.3. The molecular weight excluding hydrogens is 318 g/mol. The van der Waals surface area contributed by atoms with Gasteiger partial charge >= 0.3 is 0 Å². The summed E-state index contributed by atoms with van der Waals surface area (Å²) in [4.78, 5) is 0. The van der Waals surface area contributed by atoms with E-state index in [1.807, 2.05) is 6.92 Å². The van der Waals surface area contributed by atoms with Gasteiger partial charge in [0, 0.05) is 5.02 Å². The first-order valence-electron chi connectivity index (χ1n) is 4.47. The molecule has 90 valence electrons. The highest BCUT2D eigenvalue weighted by Crippen LogP contribution is 2.29. The monoisotopic (exact) mass is 327 g/mol. The van der Waals surface area contributed by atoms with Crippen LogP contribution in [-0.2, 0) is 10.0 Å². The van der Waals surface area contributed by atoms with Crippen LogP contribution in [0.1, 0.15) is 6.92 Å². The number of anilines is 1. The summed E-state index contributed by atoms with van der Waals surface area (Å²) in [7, 11) is -3.40. The van der Waals surface area contributed by atoms with E-state index in [0.29, 0.717) is 23.1 Å². The minimum absolute atomic E-state index is 0.182. The van der Waals surface area contributed by atoms with Crippen molar-refractivity contribution in [2.24, 2.45) is 0 Å². The Morgan fingerprint density at radius 2 is 2.19 bits per heavy atom. The second-order valence-electron chi connectivity index (χ2n) is 2.90. The van der Waals surface area contributed by atoms with Gasteiger partial charge in [-0.25, -0.2) is 8.42 Å². The molecule has 0 aromatic heterocycles. The fourth-order valence-corrected chi connectivity index (χ4v) is 2.12. The number of alkyl halides is 1. The molecule has 0 heterocycles. The predicted molar refractivity (Wildman–Crippen MR) is 69.0 cm³/mol. The van der Waals surface area contributed by atoms with Gasteiger partial charge in [0.05, 0.1) is 12.3 Å². The number of hydrogen-bond acceptors (Lipinski definition) is 3. The van der Waals surface area contributed by atoms with Crippen molar-refractivity contribution in [2.75, 3.05) is 16.0 Å². The molecule has 0 bridgehead atoms. The Morgan fingerprint density at radius 1 is 1.50 bits per heavy atom. The lowest BCUT2D eigenvalue weighted by Crippen LogP contribution is -2.14. The zero-order valence-electron chi connectivity index (χ0n) is 8.54. The molecule has 4 nitrogen and oxygen atoms in total. The SMILES string of the molecule is CCOc1ccc(Cl)cc1NS(=O)(=O)CBr. The smallest absolute Gasteiger partial charge is 0.242 e. The quantitative estimate of drug-likeness (QED) is 0.846. The fraction of sp³-hybridized carbons (Fsp3) is 0.333. The van der Waals surface area contributed by atoms with Crippen LogP contribution in [0.3, 0.4) is 0 Å². The number of benzene rings is 1. The molecule has 0 aliphatic carbocycles. The van der Waals surface area contributed by atoms with Gasteiger partial charge < -0.3 is 4.74 Å².